The van der Waals surface area contributed by atoms with Crippen LogP contribution in [0.1, 0.15) is 37.0 Å². The summed E-state index contributed by atoms with van der Waals surface area (Å²) in [5.41, 5.74) is 1.20. The van der Waals surface area contributed by atoms with Gasteiger partial charge in [0.2, 0.25) is 0 Å². The molecule has 0 spiro atoms. The van der Waals surface area contributed by atoms with Gasteiger partial charge in [0, 0.05) is 19.1 Å². The summed E-state index contributed by atoms with van der Waals surface area (Å²) >= 11 is 0. The summed E-state index contributed by atoms with van der Waals surface area (Å²) in [4.78, 5) is 2.27. The van der Waals surface area contributed by atoms with E-state index in [2.05, 4.69) is 11.8 Å². The minimum atomic E-state index is -0.741. The van der Waals surface area contributed by atoms with Gasteiger partial charge in [-0.05, 0) is 30.9 Å². The van der Waals surface area contributed by atoms with Gasteiger partial charge in [-0.2, -0.15) is 0 Å². The Labute approximate surface area is 138 Å². The van der Waals surface area contributed by atoms with Crippen LogP contribution in [0.4, 0.5) is 0 Å². The molecule has 23 heavy (non-hydrogen) atoms. The van der Waals surface area contributed by atoms with Gasteiger partial charge in [-0.25, -0.2) is 0 Å². The molecule has 1 unspecified atom stereocenters. The number of piperidine rings is 1. The summed E-state index contributed by atoms with van der Waals surface area (Å²) in [6.07, 6.45) is 0.894. The van der Waals surface area contributed by atoms with Crippen LogP contribution in [0, 0.1) is 0 Å². The number of likely N-dealkylation sites (tertiary alicyclic amines) is 1. The molecule has 3 rings (SSSR count). The van der Waals surface area contributed by atoms with Crippen LogP contribution in [0.3, 0.4) is 0 Å². The van der Waals surface area contributed by atoms with Crippen molar-refractivity contribution in [2.75, 3.05) is 13.1 Å². The number of hydrogen-bond donors (Lipinski definition) is 2. The van der Waals surface area contributed by atoms with E-state index >= 15 is 0 Å². The fourth-order valence-electron chi connectivity index (χ4n) is 3.47. The van der Waals surface area contributed by atoms with Crippen molar-refractivity contribution in [3.05, 3.63) is 71.8 Å². The third-order valence-corrected chi connectivity index (χ3v) is 5.11. The Bertz CT molecular complexity index is 606. The molecule has 0 saturated carbocycles. The quantitative estimate of drug-likeness (QED) is 0.912. The highest BCUT2D eigenvalue weighted by atomic mass is 16.3. The summed E-state index contributed by atoms with van der Waals surface area (Å²) in [6.45, 7) is 3.64. The molecule has 0 amide bonds. The average molecular weight is 311 g/mol. The molecule has 2 N–H and O–H groups in total. The fourth-order valence-corrected chi connectivity index (χ4v) is 3.47. The molecule has 1 fully saturated rings. The summed E-state index contributed by atoms with van der Waals surface area (Å²) in [5.74, 6) is 0. The molecule has 1 saturated heterocycles. The van der Waals surface area contributed by atoms with Crippen LogP contribution in [0.25, 0.3) is 0 Å². The number of nitrogens with zero attached hydrogens (tertiary/aromatic N) is 1. The first-order valence-corrected chi connectivity index (χ1v) is 8.35. The van der Waals surface area contributed by atoms with Crippen molar-refractivity contribution in [2.24, 2.45) is 0 Å². The minimum absolute atomic E-state index is 0.0396. The first-order valence-electron chi connectivity index (χ1n) is 8.35. The Morgan fingerprint density at radius 3 is 2.00 bits per heavy atom. The lowest BCUT2D eigenvalue weighted by molar-refractivity contribution is -0.0501. The van der Waals surface area contributed by atoms with Gasteiger partial charge in [-0.1, -0.05) is 60.7 Å². The van der Waals surface area contributed by atoms with Gasteiger partial charge in [0.15, 0.2) is 0 Å². The van der Waals surface area contributed by atoms with E-state index in [0.29, 0.717) is 12.8 Å². The maximum absolute atomic E-state index is 10.9. The fraction of sp³-hybridized carbons (Fsp3) is 0.400. The zero-order valence-electron chi connectivity index (χ0n) is 13.6. The highest BCUT2D eigenvalue weighted by molar-refractivity contribution is 5.23. The number of hydrogen-bond acceptors (Lipinski definition) is 3. The van der Waals surface area contributed by atoms with Crippen LogP contribution < -0.4 is 0 Å². The molecule has 3 heteroatoms. The van der Waals surface area contributed by atoms with Crippen molar-refractivity contribution in [1.29, 1.82) is 0 Å². The third-order valence-electron chi connectivity index (χ3n) is 5.11. The predicted octanol–water partition coefficient (Wildman–Crippen LogP) is 3.09. The van der Waals surface area contributed by atoms with Gasteiger partial charge in [0.1, 0.15) is 0 Å². The molecule has 122 valence electrons. The first kappa shape index (κ1) is 16.2. The van der Waals surface area contributed by atoms with Crippen molar-refractivity contribution >= 4 is 0 Å². The monoisotopic (exact) mass is 311 g/mol. The third kappa shape index (κ3) is 3.47. The second-order valence-corrected chi connectivity index (χ2v) is 6.53. The van der Waals surface area contributed by atoms with Crippen LogP contribution in [0.2, 0.25) is 0 Å². The van der Waals surface area contributed by atoms with E-state index in [0.717, 1.165) is 24.2 Å². The molecule has 0 aliphatic carbocycles. The lowest BCUT2D eigenvalue weighted by Gasteiger charge is -2.42. The minimum Gasteiger partial charge on any atom is -0.387 e. The molecule has 2 atom stereocenters. The van der Waals surface area contributed by atoms with Crippen LogP contribution >= 0.6 is 0 Å². The zero-order chi connectivity index (χ0) is 16.3. The van der Waals surface area contributed by atoms with E-state index < -0.39 is 11.7 Å². The smallest absolute Gasteiger partial charge is 0.0942 e. The highest BCUT2D eigenvalue weighted by Crippen LogP contribution is 2.34. The second kappa shape index (κ2) is 6.83. The standard InChI is InChI=1S/C20H25NO2/c1-16(19(22)17-8-4-2-5-9-17)21-14-12-20(23,13-15-21)18-10-6-3-7-11-18/h2-11,16,19,22-23H,12-15H2,1H3/t16?,19-/m1/s1. The molecule has 0 bridgehead atoms. The van der Waals surface area contributed by atoms with Gasteiger partial charge < -0.3 is 10.2 Å². The molecule has 2 aromatic rings. The lowest BCUT2D eigenvalue weighted by atomic mass is 9.83. The van der Waals surface area contributed by atoms with Gasteiger partial charge in [0.25, 0.3) is 0 Å². The van der Waals surface area contributed by atoms with E-state index in [1.165, 1.54) is 0 Å². The van der Waals surface area contributed by atoms with Crippen LogP contribution in [0.5, 0.6) is 0 Å². The molecular weight excluding hydrogens is 286 g/mol. The Hall–Kier alpha value is -1.68. The molecular formula is C20H25NO2. The second-order valence-electron chi connectivity index (χ2n) is 6.53. The summed E-state index contributed by atoms with van der Waals surface area (Å²) in [7, 11) is 0. The Morgan fingerprint density at radius 2 is 1.43 bits per heavy atom. The first-order chi connectivity index (χ1) is 11.1. The highest BCUT2D eigenvalue weighted by Gasteiger charge is 2.36. The normalized spacial score (nSPS) is 20.8. The van der Waals surface area contributed by atoms with Gasteiger partial charge in [-0.15, -0.1) is 0 Å². The number of aliphatic hydroxyl groups excluding tert-OH is 1. The van der Waals surface area contributed by atoms with E-state index in [1.54, 1.807) is 0 Å². The zero-order valence-corrected chi connectivity index (χ0v) is 13.6. The largest absolute Gasteiger partial charge is 0.387 e. The number of aliphatic hydroxyl groups is 2. The SMILES string of the molecule is CC([C@@H](O)c1ccccc1)N1CCC(O)(c2ccccc2)CC1. The molecule has 3 nitrogen and oxygen atoms in total. The van der Waals surface area contributed by atoms with Crippen molar-refractivity contribution < 1.29 is 10.2 Å². The van der Waals surface area contributed by atoms with E-state index in [-0.39, 0.29) is 6.04 Å². The topological polar surface area (TPSA) is 43.7 Å². The van der Waals surface area contributed by atoms with E-state index in [9.17, 15) is 10.2 Å². The van der Waals surface area contributed by atoms with Crippen molar-refractivity contribution in [2.45, 2.75) is 37.5 Å². The predicted molar refractivity (Wildman–Crippen MR) is 92.0 cm³/mol. The number of benzene rings is 2. The van der Waals surface area contributed by atoms with Gasteiger partial charge >= 0.3 is 0 Å². The maximum Gasteiger partial charge on any atom is 0.0942 e. The van der Waals surface area contributed by atoms with Crippen molar-refractivity contribution in [1.82, 2.24) is 4.90 Å². The van der Waals surface area contributed by atoms with E-state index in [1.807, 2.05) is 60.7 Å². The van der Waals surface area contributed by atoms with Crippen molar-refractivity contribution in [3.63, 3.8) is 0 Å². The van der Waals surface area contributed by atoms with E-state index in [4.69, 9.17) is 0 Å². The molecule has 2 aromatic carbocycles. The van der Waals surface area contributed by atoms with Crippen molar-refractivity contribution in [3.8, 4) is 0 Å². The molecule has 0 radical (unpaired) electrons. The molecule has 1 aliphatic heterocycles. The average Bonchev–Trinajstić information content (AvgIpc) is 2.63. The van der Waals surface area contributed by atoms with Crippen LogP contribution in [-0.2, 0) is 5.60 Å². The lowest BCUT2D eigenvalue weighted by Crippen LogP contribution is -2.47. The maximum atomic E-state index is 10.9. The van der Waals surface area contributed by atoms with Gasteiger partial charge in [0.05, 0.1) is 11.7 Å². The Balaban J connectivity index is 1.65. The Morgan fingerprint density at radius 1 is 0.913 bits per heavy atom. The Kier molecular flexibility index (Phi) is 4.81. The molecule has 1 heterocycles. The summed E-state index contributed by atoms with van der Waals surface area (Å²) in [6, 6.07) is 19.8. The van der Waals surface area contributed by atoms with Crippen LogP contribution in [-0.4, -0.2) is 34.2 Å². The summed E-state index contributed by atoms with van der Waals surface area (Å²) in [5, 5.41) is 21.5. The molecule has 0 aromatic heterocycles. The molecule has 1 aliphatic rings. The summed E-state index contributed by atoms with van der Waals surface area (Å²) < 4.78 is 0. The van der Waals surface area contributed by atoms with Crippen LogP contribution in [0.15, 0.2) is 60.7 Å². The number of rotatable bonds is 4. The van der Waals surface area contributed by atoms with Gasteiger partial charge in [-0.3, -0.25) is 4.90 Å².